The molecule has 0 amide bonds. The summed E-state index contributed by atoms with van der Waals surface area (Å²) in [5, 5.41) is -0.0756. The number of benzene rings is 1. The molecular weight excluding hydrogens is 357 g/mol. The molecule has 0 unspecified atom stereocenters. The number of aryl methyl sites for hydroxylation is 1. The van der Waals surface area contributed by atoms with E-state index >= 15 is 0 Å². The molecule has 1 aliphatic rings. The van der Waals surface area contributed by atoms with Crippen LogP contribution in [-0.2, 0) is 19.4 Å². The second-order valence-electron chi connectivity index (χ2n) is 6.77. The predicted octanol–water partition coefficient (Wildman–Crippen LogP) is 3.18. The Hall–Kier alpha value is -2.54. The van der Waals surface area contributed by atoms with Crippen molar-refractivity contribution in [2.45, 2.75) is 31.4 Å². The molecule has 0 aliphatic carbocycles. The molecule has 0 saturated heterocycles. The molecule has 1 aliphatic heterocycles. The highest BCUT2D eigenvalue weighted by atomic mass is 32.2. The number of Topliss-reactive ketones (excluding diaryl/α,β-unsaturated/α-hetero) is 1. The van der Waals surface area contributed by atoms with E-state index in [-0.39, 0.29) is 22.1 Å². The van der Waals surface area contributed by atoms with Crippen molar-refractivity contribution >= 4 is 27.0 Å². The molecular formula is C19H18FNO4S. The van der Waals surface area contributed by atoms with E-state index < -0.39 is 21.3 Å². The molecule has 0 bridgehead atoms. The summed E-state index contributed by atoms with van der Waals surface area (Å²) in [6, 6.07) is 7.43. The Balaban J connectivity index is 2.18. The number of nitrogens with zero attached hydrogens (tertiary/aromatic N) is 1. The van der Waals surface area contributed by atoms with Gasteiger partial charge in [0.1, 0.15) is 11.6 Å². The molecule has 2 aromatic rings. The molecule has 0 radical (unpaired) electrons. The quantitative estimate of drug-likeness (QED) is 0.824. The van der Waals surface area contributed by atoms with Crippen molar-refractivity contribution in [3.8, 4) is 0 Å². The van der Waals surface area contributed by atoms with Gasteiger partial charge in [0.2, 0.25) is 5.78 Å². The fourth-order valence-electron chi connectivity index (χ4n) is 2.70. The third-order valence-electron chi connectivity index (χ3n) is 4.20. The first-order valence-corrected chi connectivity index (χ1v) is 9.81. The van der Waals surface area contributed by atoms with Crippen LogP contribution in [0.3, 0.4) is 0 Å². The van der Waals surface area contributed by atoms with Crippen molar-refractivity contribution in [3.63, 3.8) is 0 Å². The van der Waals surface area contributed by atoms with Crippen LogP contribution in [-0.4, -0.2) is 31.0 Å². The number of ketones is 1. The summed E-state index contributed by atoms with van der Waals surface area (Å²) in [5.74, 6) is -0.434. The van der Waals surface area contributed by atoms with Gasteiger partial charge in [-0.15, -0.1) is 0 Å². The van der Waals surface area contributed by atoms with Gasteiger partial charge >= 0.3 is 0 Å². The Morgan fingerprint density at radius 2 is 1.77 bits per heavy atom. The number of hydrogen-bond donors (Lipinski definition) is 0. The average Bonchev–Trinajstić information content (AvgIpc) is 2.80. The van der Waals surface area contributed by atoms with Crippen LogP contribution in [0.15, 0.2) is 41.6 Å². The molecule has 0 fully saturated rings. The van der Waals surface area contributed by atoms with Crippen molar-refractivity contribution in [2.75, 3.05) is 6.26 Å². The van der Waals surface area contributed by atoms with Crippen LogP contribution >= 0.6 is 0 Å². The van der Waals surface area contributed by atoms with Crippen LogP contribution in [0.4, 0.5) is 4.39 Å². The first kappa shape index (κ1) is 18.3. The van der Waals surface area contributed by atoms with E-state index in [1.54, 1.807) is 32.9 Å². The normalized spacial score (nSPS) is 16.7. The van der Waals surface area contributed by atoms with Gasteiger partial charge in [-0.2, -0.15) is 0 Å². The van der Waals surface area contributed by atoms with Gasteiger partial charge in [-0.25, -0.2) is 17.8 Å². The van der Waals surface area contributed by atoms with Gasteiger partial charge in [-0.1, -0.05) is 12.1 Å². The third-order valence-corrected chi connectivity index (χ3v) is 5.20. The number of sulfone groups is 1. The molecule has 7 heteroatoms. The lowest BCUT2D eigenvalue weighted by atomic mass is 9.92. The zero-order chi connectivity index (χ0) is 19.3. The molecule has 136 valence electrons. The maximum atomic E-state index is 14.0. The van der Waals surface area contributed by atoms with Crippen molar-refractivity contribution in [1.29, 1.82) is 0 Å². The zero-order valence-corrected chi connectivity index (χ0v) is 15.6. The van der Waals surface area contributed by atoms with E-state index in [1.165, 1.54) is 24.4 Å². The highest BCUT2D eigenvalue weighted by Crippen LogP contribution is 2.41. The molecule has 1 aromatic heterocycles. The molecule has 5 nitrogen and oxygen atoms in total. The minimum Gasteiger partial charge on any atom is -0.478 e. The molecule has 1 aromatic carbocycles. The molecule has 3 rings (SSSR count). The number of carbonyl (C=O) groups excluding carboxylic acids is 1. The second kappa shape index (κ2) is 6.02. The standard InChI is InChI=1S/C19H18FNO4S/c1-11-5-6-12(9-14(11)20)16-17(25-19(2,3)18(16)22)13-7-8-15(21-10-13)26(4,23)24/h5-10H,1-4H3. The van der Waals surface area contributed by atoms with E-state index in [1.807, 2.05) is 0 Å². The van der Waals surface area contributed by atoms with E-state index in [9.17, 15) is 17.6 Å². The SMILES string of the molecule is Cc1ccc(C2=C(c3ccc(S(C)(=O)=O)nc3)OC(C)(C)C2=O)cc1F. The van der Waals surface area contributed by atoms with Crippen LogP contribution in [0.5, 0.6) is 0 Å². The minimum absolute atomic E-state index is 0.0756. The fourth-order valence-corrected chi connectivity index (χ4v) is 3.26. The second-order valence-corrected chi connectivity index (χ2v) is 8.73. The lowest BCUT2D eigenvalue weighted by molar-refractivity contribution is -0.125. The lowest BCUT2D eigenvalue weighted by Crippen LogP contribution is -2.29. The molecule has 0 spiro atoms. The Bertz CT molecular complexity index is 1040. The van der Waals surface area contributed by atoms with Crippen LogP contribution in [0.2, 0.25) is 0 Å². The Morgan fingerprint density at radius 3 is 2.31 bits per heavy atom. The number of carbonyl (C=O) groups is 1. The molecule has 2 heterocycles. The van der Waals surface area contributed by atoms with Gasteiger partial charge in [0.05, 0.1) is 5.57 Å². The van der Waals surface area contributed by atoms with Gasteiger partial charge in [0.15, 0.2) is 20.5 Å². The fraction of sp³-hybridized carbons (Fsp3) is 0.263. The summed E-state index contributed by atoms with van der Waals surface area (Å²) in [5.41, 5.74) is 0.475. The van der Waals surface area contributed by atoms with Crippen LogP contribution in [0, 0.1) is 12.7 Å². The highest BCUT2D eigenvalue weighted by molar-refractivity contribution is 7.90. The molecule has 0 saturated carbocycles. The summed E-state index contributed by atoms with van der Waals surface area (Å²) >= 11 is 0. The maximum absolute atomic E-state index is 14.0. The summed E-state index contributed by atoms with van der Waals surface area (Å²) < 4.78 is 43.0. The topological polar surface area (TPSA) is 73.3 Å². The number of halogens is 1. The summed E-state index contributed by atoms with van der Waals surface area (Å²) in [7, 11) is -3.44. The molecule has 0 N–H and O–H groups in total. The minimum atomic E-state index is -3.44. The third kappa shape index (κ3) is 3.14. The van der Waals surface area contributed by atoms with Crippen LogP contribution in [0.1, 0.15) is 30.5 Å². The van der Waals surface area contributed by atoms with Gasteiger partial charge in [0, 0.05) is 18.0 Å². The van der Waals surface area contributed by atoms with E-state index in [0.717, 1.165) is 6.26 Å². The summed E-state index contributed by atoms with van der Waals surface area (Å²) in [6.07, 6.45) is 2.40. The van der Waals surface area contributed by atoms with Crippen LogP contribution in [0.25, 0.3) is 11.3 Å². The van der Waals surface area contributed by atoms with Gasteiger partial charge in [-0.3, -0.25) is 4.79 Å². The number of pyridine rings is 1. The summed E-state index contributed by atoms with van der Waals surface area (Å²) in [6.45, 7) is 4.90. The van der Waals surface area contributed by atoms with E-state index in [0.29, 0.717) is 16.7 Å². The zero-order valence-electron chi connectivity index (χ0n) is 14.8. The summed E-state index contributed by atoms with van der Waals surface area (Å²) in [4.78, 5) is 16.8. The lowest BCUT2D eigenvalue weighted by Gasteiger charge is -2.17. The number of ether oxygens (including phenoxy) is 1. The first-order valence-electron chi connectivity index (χ1n) is 7.92. The monoisotopic (exact) mass is 375 g/mol. The molecule has 26 heavy (non-hydrogen) atoms. The number of hydrogen-bond acceptors (Lipinski definition) is 5. The molecule has 0 atom stereocenters. The highest BCUT2D eigenvalue weighted by Gasteiger charge is 2.43. The largest absolute Gasteiger partial charge is 0.478 e. The van der Waals surface area contributed by atoms with Crippen molar-refractivity contribution < 1.29 is 22.3 Å². The van der Waals surface area contributed by atoms with Crippen LogP contribution < -0.4 is 0 Å². The maximum Gasteiger partial charge on any atom is 0.210 e. The van der Waals surface area contributed by atoms with Gasteiger partial charge in [-0.05, 0) is 50.1 Å². The Morgan fingerprint density at radius 1 is 1.12 bits per heavy atom. The van der Waals surface area contributed by atoms with Crippen molar-refractivity contribution in [2.24, 2.45) is 0 Å². The number of rotatable bonds is 3. The Kier molecular flexibility index (Phi) is 4.23. The predicted molar refractivity (Wildman–Crippen MR) is 95.5 cm³/mol. The van der Waals surface area contributed by atoms with Gasteiger partial charge in [0.25, 0.3) is 0 Å². The van der Waals surface area contributed by atoms with Gasteiger partial charge < -0.3 is 4.74 Å². The smallest absolute Gasteiger partial charge is 0.210 e. The first-order chi connectivity index (χ1) is 12.0. The van der Waals surface area contributed by atoms with Crippen molar-refractivity contribution in [1.82, 2.24) is 4.98 Å². The Labute approximate surface area is 151 Å². The van der Waals surface area contributed by atoms with Crippen molar-refractivity contribution in [3.05, 3.63) is 59.0 Å². The number of aromatic nitrogens is 1. The van der Waals surface area contributed by atoms with E-state index in [2.05, 4.69) is 4.98 Å². The van der Waals surface area contributed by atoms with E-state index in [4.69, 9.17) is 4.74 Å². The average molecular weight is 375 g/mol.